The van der Waals surface area contributed by atoms with Gasteiger partial charge in [-0.1, -0.05) is 34.9 Å². The number of carbonyl (C=O) groups is 1. The van der Waals surface area contributed by atoms with E-state index in [9.17, 15) is 4.79 Å². The molecule has 0 fully saturated rings. The van der Waals surface area contributed by atoms with Crippen LogP contribution in [0.1, 0.15) is 11.1 Å². The summed E-state index contributed by atoms with van der Waals surface area (Å²) in [5, 5.41) is 14.4. The lowest BCUT2D eigenvalue weighted by Crippen LogP contribution is -2.14. The van der Waals surface area contributed by atoms with Crippen LogP contribution < -0.4 is 5.32 Å². The summed E-state index contributed by atoms with van der Waals surface area (Å²) in [6.07, 6.45) is 2.02. The van der Waals surface area contributed by atoms with Gasteiger partial charge < -0.3 is 4.42 Å². The standard InChI is InChI=1S/C15H15N5O2/c1-10-3-5-11(6-4-10)9-13(21)16-15-18-17-14(22-15)12-7-8-20(2)19-12/h3-8H,9H2,1-2H3,(H,16,18,21). The predicted molar refractivity (Wildman–Crippen MR) is 80.0 cm³/mol. The van der Waals surface area contributed by atoms with Gasteiger partial charge in [-0.3, -0.25) is 14.8 Å². The number of aromatic nitrogens is 4. The van der Waals surface area contributed by atoms with Crippen molar-refractivity contribution in [2.24, 2.45) is 7.05 Å². The molecule has 112 valence electrons. The van der Waals surface area contributed by atoms with Gasteiger partial charge in [0.05, 0.1) is 6.42 Å². The van der Waals surface area contributed by atoms with E-state index in [2.05, 4.69) is 20.6 Å². The number of benzene rings is 1. The number of amides is 1. The smallest absolute Gasteiger partial charge is 0.322 e. The van der Waals surface area contributed by atoms with Crippen LogP contribution in [-0.2, 0) is 18.3 Å². The third kappa shape index (κ3) is 3.20. The second-order valence-corrected chi connectivity index (χ2v) is 5.00. The fourth-order valence-electron chi connectivity index (χ4n) is 1.96. The molecular weight excluding hydrogens is 282 g/mol. The van der Waals surface area contributed by atoms with Crippen LogP contribution in [0, 0.1) is 6.92 Å². The number of rotatable bonds is 4. The van der Waals surface area contributed by atoms with Gasteiger partial charge in [0.15, 0.2) is 0 Å². The number of anilines is 1. The molecule has 1 aromatic carbocycles. The minimum absolute atomic E-state index is 0.0674. The van der Waals surface area contributed by atoms with Crippen molar-refractivity contribution in [1.82, 2.24) is 20.0 Å². The van der Waals surface area contributed by atoms with Gasteiger partial charge in [-0.05, 0) is 18.6 Å². The number of hydrogen-bond acceptors (Lipinski definition) is 5. The molecule has 0 aliphatic rings. The Hall–Kier alpha value is -2.96. The van der Waals surface area contributed by atoms with Gasteiger partial charge >= 0.3 is 6.01 Å². The van der Waals surface area contributed by atoms with E-state index in [1.165, 1.54) is 0 Å². The lowest BCUT2D eigenvalue weighted by molar-refractivity contribution is -0.115. The molecule has 0 saturated carbocycles. The molecule has 0 unspecified atom stereocenters. The fraction of sp³-hybridized carbons (Fsp3) is 0.200. The normalized spacial score (nSPS) is 10.6. The Morgan fingerprint density at radius 3 is 2.68 bits per heavy atom. The van der Waals surface area contributed by atoms with Crippen molar-refractivity contribution < 1.29 is 9.21 Å². The van der Waals surface area contributed by atoms with Crippen molar-refractivity contribution in [3.8, 4) is 11.6 Å². The summed E-state index contributed by atoms with van der Waals surface area (Å²) in [7, 11) is 1.80. The minimum Gasteiger partial charge on any atom is -0.401 e. The molecule has 0 bridgehead atoms. The third-order valence-corrected chi connectivity index (χ3v) is 3.09. The highest BCUT2D eigenvalue weighted by molar-refractivity contribution is 5.90. The highest BCUT2D eigenvalue weighted by atomic mass is 16.4. The van der Waals surface area contributed by atoms with Crippen molar-refractivity contribution in [2.45, 2.75) is 13.3 Å². The number of carbonyl (C=O) groups excluding carboxylic acids is 1. The van der Waals surface area contributed by atoms with E-state index < -0.39 is 0 Å². The molecule has 0 saturated heterocycles. The van der Waals surface area contributed by atoms with E-state index in [4.69, 9.17) is 4.42 Å². The molecule has 1 N–H and O–H groups in total. The number of nitrogens with zero attached hydrogens (tertiary/aromatic N) is 4. The third-order valence-electron chi connectivity index (χ3n) is 3.09. The van der Waals surface area contributed by atoms with Crippen LogP contribution >= 0.6 is 0 Å². The van der Waals surface area contributed by atoms with Crippen molar-refractivity contribution in [3.63, 3.8) is 0 Å². The summed E-state index contributed by atoms with van der Waals surface area (Å²) in [5.74, 6) is 0.0614. The second kappa shape index (κ2) is 5.80. The highest BCUT2D eigenvalue weighted by Crippen LogP contribution is 2.17. The molecule has 0 aliphatic heterocycles. The highest BCUT2D eigenvalue weighted by Gasteiger charge is 2.13. The van der Waals surface area contributed by atoms with Gasteiger partial charge in [-0.15, -0.1) is 5.10 Å². The lowest BCUT2D eigenvalue weighted by atomic mass is 10.1. The summed E-state index contributed by atoms with van der Waals surface area (Å²) in [6.45, 7) is 2.00. The summed E-state index contributed by atoms with van der Waals surface area (Å²) in [5.41, 5.74) is 2.64. The first-order valence-corrected chi connectivity index (χ1v) is 6.79. The number of aryl methyl sites for hydroxylation is 2. The van der Waals surface area contributed by atoms with Crippen LogP contribution in [0.2, 0.25) is 0 Å². The molecule has 22 heavy (non-hydrogen) atoms. The molecule has 0 radical (unpaired) electrons. The van der Waals surface area contributed by atoms with Gasteiger partial charge in [0, 0.05) is 13.2 Å². The first kappa shape index (κ1) is 14.0. The van der Waals surface area contributed by atoms with Crippen LogP contribution in [0.15, 0.2) is 40.9 Å². The molecule has 3 rings (SSSR count). The largest absolute Gasteiger partial charge is 0.401 e. The zero-order valence-corrected chi connectivity index (χ0v) is 12.3. The van der Waals surface area contributed by atoms with Crippen LogP contribution in [0.4, 0.5) is 6.01 Å². The fourth-order valence-corrected chi connectivity index (χ4v) is 1.96. The Kier molecular flexibility index (Phi) is 3.69. The van der Waals surface area contributed by atoms with E-state index in [1.807, 2.05) is 31.2 Å². The summed E-state index contributed by atoms with van der Waals surface area (Å²) >= 11 is 0. The van der Waals surface area contributed by atoms with Crippen LogP contribution in [0.25, 0.3) is 11.6 Å². The van der Waals surface area contributed by atoms with Crippen molar-refractivity contribution >= 4 is 11.9 Å². The zero-order chi connectivity index (χ0) is 15.5. The van der Waals surface area contributed by atoms with Gasteiger partial charge in [0.2, 0.25) is 5.91 Å². The molecule has 0 aliphatic carbocycles. The van der Waals surface area contributed by atoms with E-state index >= 15 is 0 Å². The quantitative estimate of drug-likeness (QED) is 0.795. The lowest BCUT2D eigenvalue weighted by Gasteiger charge is -2.01. The molecule has 2 heterocycles. The average Bonchev–Trinajstić information content (AvgIpc) is 3.10. The van der Waals surface area contributed by atoms with Crippen LogP contribution in [0.5, 0.6) is 0 Å². The van der Waals surface area contributed by atoms with Gasteiger partial charge in [-0.2, -0.15) is 5.10 Å². The van der Waals surface area contributed by atoms with Crippen molar-refractivity contribution in [3.05, 3.63) is 47.7 Å². The first-order valence-electron chi connectivity index (χ1n) is 6.79. The van der Waals surface area contributed by atoms with E-state index in [0.29, 0.717) is 5.69 Å². The Balaban J connectivity index is 1.64. The maximum atomic E-state index is 12.0. The number of hydrogen-bond donors (Lipinski definition) is 1. The summed E-state index contributed by atoms with van der Waals surface area (Å²) in [6, 6.07) is 9.59. The SMILES string of the molecule is Cc1ccc(CC(=O)Nc2nnc(-c3ccn(C)n3)o2)cc1. The summed E-state index contributed by atoms with van der Waals surface area (Å²) in [4.78, 5) is 12.0. The van der Waals surface area contributed by atoms with E-state index in [0.717, 1.165) is 11.1 Å². The molecule has 3 aromatic rings. The monoisotopic (exact) mass is 297 g/mol. The zero-order valence-electron chi connectivity index (χ0n) is 12.3. The van der Waals surface area contributed by atoms with E-state index in [1.54, 1.807) is 24.0 Å². The average molecular weight is 297 g/mol. The minimum atomic E-state index is -0.208. The predicted octanol–water partition coefficient (Wildman–Crippen LogP) is 1.96. The van der Waals surface area contributed by atoms with Gasteiger partial charge in [0.1, 0.15) is 5.69 Å². The van der Waals surface area contributed by atoms with Crippen LogP contribution in [-0.4, -0.2) is 25.9 Å². The second-order valence-electron chi connectivity index (χ2n) is 5.00. The van der Waals surface area contributed by atoms with Gasteiger partial charge in [0.25, 0.3) is 5.89 Å². The van der Waals surface area contributed by atoms with Crippen molar-refractivity contribution in [1.29, 1.82) is 0 Å². The van der Waals surface area contributed by atoms with Gasteiger partial charge in [-0.25, -0.2) is 0 Å². The molecule has 7 nitrogen and oxygen atoms in total. The Morgan fingerprint density at radius 1 is 1.23 bits per heavy atom. The first-order chi connectivity index (χ1) is 10.6. The number of nitrogens with one attached hydrogen (secondary N) is 1. The van der Waals surface area contributed by atoms with Crippen LogP contribution in [0.3, 0.4) is 0 Å². The Bertz CT molecular complexity index is 788. The molecule has 0 atom stereocenters. The molecule has 7 heteroatoms. The molecule has 1 amide bonds. The van der Waals surface area contributed by atoms with E-state index in [-0.39, 0.29) is 24.2 Å². The Morgan fingerprint density at radius 2 is 2.00 bits per heavy atom. The topological polar surface area (TPSA) is 85.8 Å². The maximum absolute atomic E-state index is 12.0. The Labute approximate surface area is 127 Å². The molecular formula is C15H15N5O2. The summed E-state index contributed by atoms with van der Waals surface area (Å²) < 4.78 is 7.01. The molecule has 0 spiro atoms. The van der Waals surface area contributed by atoms with Crippen molar-refractivity contribution in [2.75, 3.05) is 5.32 Å². The maximum Gasteiger partial charge on any atom is 0.322 e. The molecule has 2 aromatic heterocycles.